The minimum atomic E-state index is -4.35. The van der Waals surface area contributed by atoms with Gasteiger partial charge in [-0.25, -0.2) is 0 Å². The molecule has 0 bridgehead atoms. The Bertz CT molecular complexity index is 504. The first-order chi connectivity index (χ1) is 10.6. The third-order valence-corrected chi connectivity index (χ3v) is 3.32. The van der Waals surface area contributed by atoms with Crippen molar-refractivity contribution < 1.29 is 18.0 Å². The van der Waals surface area contributed by atoms with Gasteiger partial charge in [0.2, 0.25) is 5.91 Å². The minimum absolute atomic E-state index is 0. The minimum Gasteiger partial charge on any atom is -0.337 e. The van der Waals surface area contributed by atoms with Crippen molar-refractivity contribution in [3.63, 3.8) is 0 Å². The number of carbonyl (C=O) groups excluding carboxylic acids is 1. The third-order valence-electron chi connectivity index (χ3n) is 3.32. The van der Waals surface area contributed by atoms with Crippen molar-refractivity contribution in [2.45, 2.75) is 32.1 Å². The van der Waals surface area contributed by atoms with E-state index in [1.807, 2.05) is 19.0 Å². The largest absolute Gasteiger partial charge is 0.416 e. The molecule has 24 heavy (non-hydrogen) atoms. The van der Waals surface area contributed by atoms with E-state index in [0.717, 1.165) is 12.1 Å². The molecule has 1 unspecified atom stereocenters. The summed E-state index contributed by atoms with van der Waals surface area (Å²) in [5.74, 6) is -0.0956. The predicted molar refractivity (Wildman–Crippen MR) is 90.9 cm³/mol. The fraction of sp³-hybridized carbons (Fsp3) is 0.562. The molecule has 0 spiro atoms. The molecule has 0 aliphatic carbocycles. The van der Waals surface area contributed by atoms with Crippen molar-refractivity contribution in [3.8, 4) is 0 Å². The summed E-state index contributed by atoms with van der Waals surface area (Å²) < 4.78 is 37.7. The molecule has 0 heterocycles. The quantitative estimate of drug-likeness (QED) is 0.806. The van der Waals surface area contributed by atoms with E-state index in [0.29, 0.717) is 18.7 Å². The average molecular weight is 368 g/mol. The molecule has 0 aromatic heterocycles. The van der Waals surface area contributed by atoms with Crippen LogP contribution in [0.1, 0.15) is 24.5 Å². The molecule has 2 N–H and O–H groups in total. The van der Waals surface area contributed by atoms with Gasteiger partial charge in [0.05, 0.1) is 5.56 Å². The highest BCUT2D eigenvalue weighted by Gasteiger charge is 2.30. The highest BCUT2D eigenvalue weighted by atomic mass is 35.5. The summed E-state index contributed by atoms with van der Waals surface area (Å²) in [6, 6.07) is 4.64. The fourth-order valence-electron chi connectivity index (χ4n) is 2.04. The lowest BCUT2D eigenvalue weighted by molar-refractivity contribution is -0.137. The Morgan fingerprint density at radius 3 is 2.12 bits per heavy atom. The molecule has 8 heteroatoms. The monoisotopic (exact) mass is 367 g/mol. The number of hydrogen-bond donors (Lipinski definition) is 1. The van der Waals surface area contributed by atoms with Crippen molar-refractivity contribution in [3.05, 3.63) is 35.4 Å². The number of carbonyl (C=O) groups is 1. The number of hydrogen-bond acceptors (Lipinski definition) is 3. The van der Waals surface area contributed by atoms with Crippen LogP contribution in [0.15, 0.2) is 24.3 Å². The zero-order valence-electron chi connectivity index (χ0n) is 14.1. The molecular weight excluding hydrogens is 343 g/mol. The van der Waals surface area contributed by atoms with Crippen molar-refractivity contribution >= 4 is 18.3 Å². The van der Waals surface area contributed by atoms with Crippen LogP contribution in [0.25, 0.3) is 0 Å². The first-order valence-electron chi connectivity index (χ1n) is 7.44. The number of nitrogens with two attached hydrogens (primary N) is 1. The summed E-state index contributed by atoms with van der Waals surface area (Å²) in [6.07, 6.45) is -4.14. The van der Waals surface area contributed by atoms with E-state index in [9.17, 15) is 18.0 Å². The van der Waals surface area contributed by atoms with Crippen molar-refractivity contribution in [2.24, 2.45) is 5.73 Å². The Hall–Kier alpha value is -1.31. The Morgan fingerprint density at radius 2 is 1.71 bits per heavy atom. The molecule has 0 aliphatic rings. The molecule has 1 rings (SSSR count). The molecule has 1 aromatic rings. The van der Waals surface area contributed by atoms with E-state index >= 15 is 0 Å². The molecule has 1 amide bonds. The maximum atomic E-state index is 12.6. The zero-order valence-corrected chi connectivity index (χ0v) is 15.0. The molecule has 0 radical (unpaired) electrons. The lowest BCUT2D eigenvalue weighted by atomic mass is 10.1. The summed E-state index contributed by atoms with van der Waals surface area (Å²) in [6.45, 7) is 3.20. The molecule has 0 saturated heterocycles. The number of nitrogens with zero attached hydrogens (tertiary/aromatic N) is 2. The summed E-state index contributed by atoms with van der Waals surface area (Å²) in [5, 5.41) is 0. The lowest BCUT2D eigenvalue weighted by Gasteiger charge is -2.25. The van der Waals surface area contributed by atoms with Gasteiger partial charge in [-0.2, -0.15) is 13.2 Å². The second-order valence-corrected chi connectivity index (χ2v) is 5.99. The van der Waals surface area contributed by atoms with E-state index in [1.165, 1.54) is 12.1 Å². The van der Waals surface area contributed by atoms with Gasteiger partial charge >= 0.3 is 6.18 Å². The van der Waals surface area contributed by atoms with E-state index < -0.39 is 11.7 Å². The summed E-state index contributed by atoms with van der Waals surface area (Å²) in [5.41, 5.74) is 5.64. The van der Waals surface area contributed by atoms with Crippen LogP contribution in [0.2, 0.25) is 0 Å². The van der Waals surface area contributed by atoms with Gasteiger partial charge in [-0.15, -0.1) is 12.4 Å². The molecule has 1 atom stereocenters. The van der Waals surface area contributed by atoms with Crippen LogP contribution < -0.4 is 5.73 Å². The summed E-state index contributed by atoms with van der Waals surface area (Å²) in [7, 11) is 3.79. The summed E-state index contributed by atoms with van der Waals surface area (Å²) in [4.78, 5) is 15.8. The first kappa shape index (κ1) is 22.7. The van der Waals surface area contributed by atoms with Gasteiger partial charge < -0.3 is 15.5 Å². The average Bonchev–Trinajstić information content (AvgIpc) is 2.41. The number of alkyl halides is 3. The maximum absolute atomic E-state index is 12.6. The second kappa shape index (κ2) is 9.86. The fourth-order valence-corrected chi connectivity index (χ4v) is 2.04. The Balaban J connectivity index is 0.00000529. The smallest absolute Gasteiger partial charge is 0.337 e. The van der Waals surface area contributed by atoms with Crippen LogP contribution >= 0.6 is 12.4 Å². The van der Waals surface area contributed by atoms with Crippen LogP contribution in [-0.4, -0.2) is 48.9 Å². The lowest BCUT2D eigenvalue weighted by Crippen LogP contribution is -2.38. The van der Waals surface area contributed by atoms with Crippen LogP contribution in [0.5, 0.6) is 0 Å². The van der Waals surface area contributed by atoms with E-state index in [2.05, 4.69) is 0 Å². The second-order valence-electron chi connectivity index (χ2n) is 5.99. The van der Waals surface area contributed by atoms with Crippen LogP contribution in [0, 0.1) is 0 Å². The number of likely N-dealkylation sites (N-methyl/N-ethyl adjacent to an activating group) is 1. The first-order valence-corrected chi connectivity index (χ1v) is 7.44. The third kappa shape index (κ3) is 7.99. The van der Waals surface area contributed by atoms with Crippen LogP contribution in [0.4, 0.5) is 13.2 Å². The number of amides is 1. The topological polar surface area (TPSA) is 49.6 Å². The molecular formula is C16H25ClF3N3O. The van der Waals surface area contributed by atoms with Crippen molar-refractivity contribution in [1.29, 1.82) is 0 Å². The van der Waals surface area contributed by atoms with Gasteiger partial charge in [0.1, 0.15) is 0 Å². The zero-order chi connectivity index (χ0) is 17.6. The molecule has 1 aromatic carbocycles. The molecule has 0 saturated carbocycles. The standard InChI is InChI=1S/C16H24F3N3O.ClH/c1-12(20)10-15(23)22(9-8-21(2)3)11-13-4-6-14(7-5-13)16(17,18)19;/h4-7,12H,8-11,20H2,1-3H3;1H. The maximum Gasteiger partial charge on any atom is 0.416 e. The number of halogens is 4. The van der Waals surface area contributed by atoms with Gasteiger partial charge in [-0.3, -0.25) is 4.79 Å². The highest BCUT2D eigenvalue weighted by molar-refractivity contribution is 5.85. The predicted octanol–water partition coefficient (Wildman–Crippen LogP) is 2.75. The number of benzene rings is 1. The Labute approximate surface area is 147 Å². The Kier molecular flexibility index (Phi) is 9.32. The van der Waals surface area contributed by atoms with Gasteiger partial charge in [-0.1, -0.05) is 12.1 Å². The van der Waals surface area contributed by atoms with E-state index in [1.54, 1.807) is 11.8 Å². The van der Waals surface area contributed by atoms with E-state index in [-0.39, 0.29) is 37.3 Å². The normalized spacial score (nSPS) is 12.7. The molecule has 138 valence electrons. The number of rotatable bonds is 7. The SMILES string of the molecule is CC(N)CC(=O)N(CCN(C)C)Cc1ccc(C(F)(F)F)cc1.Cl. The highest BCUT2D eigenvalue weighted by Crippen LogP contribution is 2.29. The molecule has 0 fully saturated rings. The van der Waals surface area contributed by atoms with Crippen molar-refractivity contribution in [2.75, 3.05) is 27.2 Å². The van der Waals surface area contributed by atoms with Gasteiger partial charge in [0.15, 0.2) is 0 Å². The van der Waals surface area contributed by atoms with E-state index in [4.69, 9.17) is 5.73 Å². The van der Waals surface area contributed by atoms with Crippen molar-refractivity contribution in [1.82, 2.24) is 9.80 Å². The van der Waals surface area contributed by atoms with Crippen LogP contribution in [0.3, 0.4) is 0 Å². The Morgan fingerprint density at radius 1 is 1.17 bits per heavy atom. The summed E-state index contributed by atoms with van der Waals surface area (Å²) >= 11 is 0. The van der Waals surface area contributed by atoms with Gasteiger partial charge in [0, 0.05) is 32.1 Å². The molecule has 0 aliphatic heterocycles. The van der Waals surface area contributed by atoms with Gasteiger partial charge in [0.25, 0.3) is 0 Å². The van der Waals surface area contributed by atoms with Gasteiger partial charge in [-0.05, 0) is 38.7 Å². The molecule has 4 nitrogen and oxygen atoms in total. The van der Waals surface area contributed by atoms with Crippen LogP contribution in [-0.2, 0) is 17.5 Å².